The summed E-state index contributed by atoms with van der Waals surface area (Å²) >= 11 is 0. The molecule has 0 aliphatic carbocycles. The summed E-state index contributed by atoms with van der Waals surface area (Å²) < 4.78 is 10.5. The number of carboxylic acid groups (broad SMARTS) is 1. The van der Waals surface area contributed by atoms with E-state index in [2.05, 4.69) is 10.6 Å². The highest BCUT2D eigenvalue weighted by Crippen LogP contribution is 2.01. The summed E-state index contributed by atoms with van der Waals surface area (Å²) in [4.78, 5) is 22.0. The molecule has 0 aliphatic heterocycles. The highest BCUT2D eigenvalue weighted by atomic mass is 16.5. The zero-order chi connectivity index (χ0) is 17.6. The van der Waals surface area contributed by atoms with Crippen LogP contribution in [0.4, 0.5) is 4.79 Å². The molecule has 0 heterocycles. The zero-order valence-electron chi connectivity index (χ0n) is 13.6. The third-order valence-corrected chi connectivity index (χ3v) is 3.08. The Morgan fingerprint density at radius 2 is 1.58 bits per heavy atom. The van der Waals surface area contributed by atoms with Gasteiger partial charge in [-0.3, -0.25) is 4.79 Å². The molecule has 1 unspecified atom stereocenters. The normalized spacial score (nSPS) is 11.7. The van der Waals surface area contributed by atoms with Crippen LogP contribution >= 0.6 is 0 Å². The van der Waals surface area contributed by atoms with Crippen LogP contribution in [0, 0.1) is 0 Å². The molecule has 5 N–H and O–H groups in total. The van der Waals surface area contributed by atoms with Crippen molar-refractivity contribution in [1.29, 1.82) is 0 Å². The number of nitrogens with two attached hydrogens (primary N) is 1. The second-order valence-electron chi connectivity index (χ2n) is 5.04. The lowest BCUT2D eigenvalue weighted by Gasteiger charge is -2.12. The van der Waals surface area contributed by atoms with Gasteiger partial charge in [0.15, 0.2) is 0 Å². The molecule has 1 aromatic rings. The highest BCUT2D eigenvalue weighted by Gasteiger charge is 2.13. The molecule has 0 spiro atoms. The zero-order valence-corrected chi connectivity index (χ0v) is 13.6. The van der Waals surface area contributed by atoms with E-state index < -0.39 is 12.1 Å². The summed E-state index contributed by atoms with van der Waals surface area (Å²) in [5.41, 5.74) is 6.88. The molecule has 134 valence electrons. The molecule has 0 bridgehead atoms. The highest BCUT2D eigenvalue weighted by molar-refractivity contribution is 5.81. The molecule has 8 heteroatoms. The van der Waals surface area contributed by atoms with Crippen LogP contribution < -0.4 is 16.4 Å². The lowest BCUT2D eigenvalue weighted by Crippen LogP contribution is -2.43. The van der Waals surface area contributed by atoms with Gasteiger partial charge in [0.25, 0.3) is 0 Å². The fraction of sp³-hybridized carbons (Fsp3) is 0.500. The first-order valence-corrected chi connectivity index (χ1v) is 7.79. The maximum atomic E-state index is 11.8. The summed E-state index contributed by atoms with van der Waals surface area (Å²) in [6.07, 6.45) is -0.581. The molecular formula is C16H25N3O5. The van der Waals surface area contributed by atoms with Crippen LogP contribution in [0.15, 0.2) is 30.3 Å². The molecule has 0 aliphatic rings. The molecule has 8 nitrogen and oxygen atoms in total. The van der Waals surface area contributed by atoms with Gasteiger partial charge >= 0.3 is 6.09 Å². The Labute approximate surface area is 141 Å². The molecule has 0 fully saturated rings. The number of amides is 2. The number of ether oxygens (including phenoxy) is 2. The van der Waals surface area contributed by atoms with E-state index in [9.17, 15) is 9.59 Å². The molecule has 0 saturated carbocycles. The SMILES string of the molecule is NC(Cc1ccccc1)C(=O)NCCOCCOCCNC(=O)O. The van der Waals surface area contributed by atoms with E-state index >= 15 is 0 Å². The van der Waals surface area contributed by atoms with Crippen LogP contribution in [0.5, 0.6) is 0 Å². The largest absolute Gasteiger partial charge is 0.465 e. The van der Waals surface area contributed by atoms with Crippen molar-refractivity contribution < 1.29 is 24.2 Å². The van der Waals surface area contributed by atoms with Gasteiger partial charge in [-0.2, -0.15) is 0 Å². The number of hydrogen-bond acceptors (Lipinski definition) is 5. The molecule has 0 radical (unpaired) electrons. The van der Waals surface area contributed by atoms with Gasteiger partial charge in [0, 0.05) is 13.1 Å². The Morgan fingerprint density at radius 3 is 2.17 bits per heavy atom. The Bertz CT molecular complexity index is 484. The minimum absolute atomic E-state index is 0.210. The summed E-state index contributed by atoms with van der Waals surface area (Å²) in [5, 5.41) is 13.3. The fourth-order valence-electron chi connectivity index (χ4n) is 1.89. The second-order valence-corrected chi connectivity index (χ2v) is 5.04. The van der Waals surface area contributed by atoms with Crippen molar-refractivity contribution in [2.24, 2.45) is 5.73 Å². The van der Waals surface area contributed by atoms with E-state index in [1.807, 2.05) is 30.3 Å². The molecule has 0 aromatic heterocycles. The van der Waals surface area contributed by atoms with Crippen molar-refractivity contribution in [3.8, 4) is 0 Å². The summed E-state index contributed by atoms with van der Waals surface area (Å²) in [5.74, 6) is -0.210. The number of benzene rings is 1. The third-order valence-electron chi connectivity index (χ3n) is 3.08. The predicted octanol–water partition coefficient (Wildman–Crippen LogP) is -0.0266. The topological polar surface area (TPSA) is 123 Å². The molecule has 2 amide bonds. The number of nitrogens with one attached hydrogen (secondary N) is 2. The van der Waals surface area contributed by atoms with Crippen LogP contribution in [0.2, 0.25) is 0 Å². The molecule has 0 saturated heterocycles. The lowest BCUT2D eigenvalue weighted by molar-refractivity contribution is -0.122. The number of carbonyl (C=O) groups is 2. The van der Waals surface area contributed by atoms with Crippen molar-refractivity contribution in [2.45, 2.75) is 12.5 Å². The van der Waals surface area contributed by atoms with Crippen LogP contribution in [0.1, 0.15) is 5.56 Å². The molecular weight excluding hydrogens is 314 g/mol. The van der Waals surface area contributed by atoms with E-state index in [4.69, 9.17) is 20.3 Å². The second kappa shape index (κ2) is 12.3. The van der Waals surface area contributed by atoms with E-state index in [0.29, 0.717) is 39.4 Å². The molecule has 24 heavy (non-hydrogen) atoms. The Morgan fingerprint density at radius 1 is 1.00 bits per heavy atom. The van der Waals surface area contributed by atoms with Crippen molar-refractivity contribution in [3.63, 3.8) is 0 Å². The van der Waals surface area contributed by atoms with Crippen molar-refractivity contribution >= 4 is 12.0 Å². The Hall–Kier alpha value is -2.16. The first-order chi connectivity index (χ1) is 11.6. The molecule has 1 aromatic carbocycles. The maximum Gasteiger partial charge on any atom is 0.404 e. The van der Waals surface area contributed by atoms with Crippen LogP contribution in [-0.2, 0) is 20.7 Å². The number of carbonyl (C=O) groups excluding carboxylic acids is 1. The Balaban J connectivity index is 1.96. The van der Waals surface area contributed by atoms with Gasteiger partial charge < -0.3 is 30.9 Å². The van der Waals surface area contributed by atoms with Crippen molar-refractivity contribution in [2.75, 3.05) is 39.5 Å². The standard InChI is InChI=1S/C16H25N3O5/c17-14(12-13-4-2-1-3-5-13)15(20)18-6-8-23-10-11-24-9-7-19-16(21)22/h1-5,14,19H,6-12,17H2,(H,18,20)(H,21,22). The first kappa shape index (κ1) is 19.9. The van der Waals surface area contributed by atoms with Crippen LogP contribution in [0.3, 0.4) is 0 Å². The summed E-state index contributed by atoms with van der Waals surface area (Å²) in [6.45, 7) is 2.01. The van der Waals surface area contributed by atoms with E-state index in [1.165, 1.54) is 0 Å². The third kappa shape index (κ3) is 9.78. The minimum Gasteiger partial charge on any atom is -0.465 e. The number of rotatable bonds is 12. The number of hydrogen-bond donors (Lipinski definition) is 4. The quantitative estimate of drug-likeness (QED) is 0.397. The average molecular weight is 339 g/mol. The van der Waals surface area contributed by atoms with Gasteiger partial charge in [-0.05, 0) is 12.0 Å². The van der Waals surface area contributed by atoms with Crippen LogP contribution in [0.25, 0.3) is 0 Å². The van der Waals surface area contributed by atoms with E-state index in [0.717, 1.165) is 5.56 Å². The van der Waals surface area contributed by atoms with Crippen molar-refractivity contribution in [3.05, 3.63) is 35.9 Å². The lowest BCUT2D eigenvalue weighted by atomic mass is 10.1. The summed E-state index contributed by atoms with van der Waals surface area (Å²) in [6, 6.07) is 9.02. The average Bonchev–Trinajstić information content (AvgIpc) is 2.57. The Kier molecular flexibility index (Phi) is 10.2. The van der Waals surface area contributed by atoms with E-state index in [-0.39, 0.29) is 12.5 Å². The van der Waals surface area contributed by atoms with Gasteiger partial charge in [0.2, 0.25) is 5.91 Å². The predicted molar refractivity (Wildman–Crippen MR) is 88.8 cm³/mol. The molecule has 1 rings (SSSR count). The van der Waals surface area contributed by atoms with Gasteiger partial charge in [-0.15, -0.1) is 0 Å². The molecule has 1 atom stereocenters. The van der Waals surface area contributed by atoms with Gasteiger partial charge in [-0.25, -0.2) is 4.79 Å². The van der Waals surface area contributed by atoms with E-state index in [1.54, 1.807) is 0 Å². The van der Waals surface area contributed by atoms with Crippen LogP contribution in [-0.4, -0.2) is 62.7 Å². The van der Waals surface area contributed by atoms with Gasteiger partial charge in [0.1, 0.15) is 0 Å². The monoisotopic (exact) mass is 339 g/mol. The smallest absolute Gasteiger partial charge is 0.404 e. The van der Waals surface area contributed by atoms with Gasteiger partial charge in [-0.1, -0.05) is 30.3 Å². The maximum absolute atomic E-state index is 11.8. The van der Waals surface area contributed by atoms with Gasteiger partial charge in [0.05, 0.1) is 32.5 Å². The first-order valence-electron chi connectivity index (χ1n) is 7.79. The minimum atomic E-state index is -1.07. The summed E-state index contributed by atoms with van der Waals surface area (Å²) in [7, 11) is 0. The fourth-order valence-corrected chi connectivity index (χ4v) is 1.89. The van der Waals surface area contributed by atoms with Crippen molar-refractivity contribution in [1.82, 2.24) is 10.6 Å².